The molecule has 0 N–H and O–H groups in total. The summed E-state index contributed by atoms with van der Waals surface area (Å²) in [5.41, 5.74) is 0.180. The lowest BCUT2D eigenvalue weighted by molar-refractivity contribution is -0.162. The van der Waals surface area contributed by atoms with E-state index in [4.69, 9.17) is 0 Å². The van der Waals surface area contributed by atoms with Gasteiger partial charge in [0.25, 0.3) is 0 Å². The zero-order chi connectivity index (χ0) is 13.8. The molecule has 0 saturated heterocycles. The number of benzene rings is 1. The summed E-state index contributed by atoms with van der Waals surface area (Å²) in [5.74, 6) is -1.19. The molecule has 4 heteroatoms. The van der Waals surface area contributed by atoms with Crippen LogP contribution in [0.4, 0.5) is 0 Å². The van der Waals surface area contributed by atoms with Gasteiger partial charge in [-0.3, -0.25) is 4.79 Å². The van der Waals surface area contributed by atoms with Gasteiger partial charge in [-0.25, -0.2) is 4.79 Å². The molecule has 0 aromatic heterocycles. The van der Waals surface area contributed by atoms with E-state index in [1.54, 1.807) is 26.8 Å². The summed E-state index contributed by atoms with van der Waals surface area (Å²) in [6.45, 7) is 5.09. The van der Waals surface area contributed by atoms with Crippen molar-refractivity contribution in [1.82, 2.24) is 0 Å². The molecule has 0 spiro atoms. The zero-order valence-electron chi connectivity index (χ0n) is 10.6. The topological polar surface area (TPSA) is 43.4 Å². The lowest BCUT2D eigenvalue weighted by Crippen LogP contribution is -2.25. The van der Waals surface area contributed by atoms with Gasteiger partial charge in [-0.2, -0.15) is 0 Å². The first kappa shape index (κ1) is 14.6. The fourth-order valence-electron chi connectivity index (χ4n) is 1.02. The Morgan fingerprint density at radius 1 is 1.17 bits per heavy atom. The first-order valence-electron chi connectivity index (χ1n) is 5.49. The van der Waals surface area contributed by atoms with E-state index in [9.17, 15) is 9.59 Å². The summed E-state index contributed by atoms with van der Waals surface area (Å²) in [5, 5.41) is 0. The molecule has 0 fully saturated rings. The summed E-state index contributed by atoms with van der Waals surface area (Å²) in [7, 11) is 0. The Morgan fingerprint density at radius 2 is 1.72 bits per heavy atom. The van der Waals surface area contributed by atoms with Crippen LogP contribution in [0.2, 0.25) is 0 Å². The van der Waals surface area contributed by atoms with Crippen LogP contribution in [-0.4, -0.2) is 11.9 Å². The van der Waals surface area contributed by atoms with Crippen molar-refractivity contribution in [3.8, 4) is 0 Å². The molecule has 18 heavy (non-hydrogen) atoms. The van der Waals surface area contributed by atoms with E-state index in [2.05, 4.69) is 20.7 Å². The van der Waals surface area contributed by atoms with Gasteiger partial charge in [-0.1, -0.05) is 28.1 Å². The maximum absolute atomic E-state index is 11.4. The Balaban J connectivity index is 2.60. The number of carbonyl (C=O) groups excluding carboxylic acids is 2. The van der Waals surface area contributed by atoms with Gasteiger partial charge in [0.05, 0.1) is 5.41 Å². The van der Waals surface area contributed by atoms with Crippen molar-refractivity contribution in [3.63, 3.8) is 0 Å². The van der Waals surface area contributed by atoms with Gasteiger partial charge in [-0.05, 0) is 44.5 Å². The Morgan fingerprint density at radius 3 is 2.22 bits per heavy atom. The van der Waals surface area contributed by atoms with Crippen LogP contribution >= 0.6 is 15.9 Å². The Kier molecular flexibility index (Phi) is 4.84. The number of rotatable bonds is 2. The van der Waals surface area contributed by atoms with Gasteiger partial charge in [0.2, 0.25) is 0 Å². The fourth-order valence-corrected chi connectivity index (χ4v) is 1.28. The van der Waals surface area contributed by atoms with Crippen LogP contribution < -0.4 is 0 Å². The van der Waals surface area contributed by atoms with Crippen molar-refractivity contribution in [2.24, 2.45) is 5.41 Å². The van der Waals surface area contributed by atoms with Gasteiger partial charge >= 0.3 is 11.9 Å². The molecule has 0 unspecified atom stereocenters. The van der Waals surface area contributed by atoms with Gasteiger partial charge < -0.3 is 4.74 Å². The summed E-state index contributed by atoms with van der Waals surface area (Å²) in [6.07, 6.45) is 2.84. The molecule has 0 heterocycles. The lowest BCUT2D eigenvalue weighted by Gasteiger charge is -2.14. The predicted molar refractivity (Wildman–Crippen MR) is 73.7 cm³/mol. The fraction of sp³-hybridized carbons (Fsp3) is 0.286. The molecule has 3 nitrogen and oxygen atoms in total. The van der Waals surface area contributed by atoms with Gasteiger partial charge in [0.15, 0.2) is 0 Å². The monoisotopic (exact) mass is 310 g/mol. The molecular weight excluding hydrogens is 296 g/mol. The SMILES string of the molecule is CC(C)(C)C(=O)OC(=O)/C=C/c1ccc(Br)cc1. The van der Waals surface area contributed by atoms with Crippen molar-refractivity contribution in [1.29, 1.82) is 0 Å². The molecule has 1 aromatic rings. The van der Waals surface area contributed by atoms with Crippen LogP contribution in [0.5, 0.6) is 0 Å². The summed E-state index contributed by atoms with van der Waals surface area (Å²) >= 11 is 3.32. The number of hydrogen-bond acceptors (Lipinski definition) is 3. The standard InChI is InChI=1S/C14H15BrO3/c1-14(2,3)13(17)18-12(16)9-6-10-4-7-11(15)8-5-10/h4-9H,1-3H3/b9-6+. The van der Waals surface area contributed by atoms with E-state index >= 15 is 0 Å². The lowest BCUT2D eigenvalue weighted by atomic mass is 9.97. The summed E-state index contributed by atoms with van der Waals surface area (Å²) in [6, 6.07) is 7.43. The van der Waals surface area contributed by atoms with Crippen molar-refractivity contribution >= 4 is 33.9 Å². The van der Waals surface area contributed by atoms with Crippen LogP contribution in [0.3, 0.4) is 0 Å². The third-order valence-corrected chi connectivity index (χ3v) is 2.62. The first-order valence-corrected chi connectivity index (χ1v) is 6.28. The first-order chi connectivity index (χ1) is 8.29. The van der Waals surface area contributed by atoms with E-state index in [1.165, 1.54) is 6.08 Å². The maximum atomic E-state index is 11.4. The quantitative estimate of drug-likeness (QED) is 0.476. The van der Waals surface area contributed by atoms with Gasteiger partial charge in [0, 0.05) is 10.5 Å². The number of carbonyl (C=O) groups is 2. The molecule has 0 amide bonds. The van der Waals surface area contributed by atoms with E-state index in [-0.39, 0.29) is 0 Å². The molecule has 96 valence electrons. The largest absolute Gasteiger partial charge is 0.389 e. The second-order valence-electron chi connectivity index (χ2n) is 4.84. The van der Waals surface area contributed by atoms with E-state index in [0.717, 1.165) is 10.0 Å². The molecule has 0 atom stereocenters. The third kappa shape index (κ3) is 4.84. The van der Waals surface area contributed by atoms with Crippen molar-refractivity contribution in [2.45, 2.75) is 20.8 Å². The number of ether oxygens (including phenoxy) is 1. The van der Waals surface area contributed by atoms with E-state index in [0.29, 0.717) is 0 Å². The molecule has 0 bridgehead atoms. The smallest absolute Gasteiger partial charge is 0.338 e. The third-order valence-electron chi connectivity index (χ3n) is 2.09. The highest BCUT2D eigenvalue weighted by Gasteiger charge is 2.24. The van der Waals surface area contributed by atoms with Crippen molar-refractivity contribution < 1.29 is 14.3 Å². The molecule has 1 rings (SSSR count). The normalized spacial score (nSPS) is 11.6. The van der Waals surface area contributed by atoms with Crippen LogP contribution in [0, 0.1) is 5.41 Å². The highest BCUT2D eigenvalue weighted by Crippen LogP contribution is 2.15. The average molecular weight is 311 g/mol. The molecule has 0 aliphatic carbocycles. The van der Waals surface area contributed by atoms with Crippen LogP contribution in [0.25, 0.3) is 6.08 Å². The zero-order valence-corrected chi connectivity index (χ0v) is 12.2. The predicted octanol–water partition coefficient (Wildman–Crippen LogP) is 3.58. The van der Waals surface area contributed by atoms with Crippen LogP contribution in [0.1, 0.15) is 26.3 Å². The number of halogens is 1. The maximum Gasteiger partial charge on any atom is 0.338 e. The average Bonchev–Trinajstić information content (AvgIpc) is 2.27. The van der Waals surface area contributed by atoms with Gasteiger partial charge in [-0.15, -0.1) is 0 Å². The second kappa shape index (κ2) is 5.96. The van der Waals surface area contributed by atoms with Crippen molar-refractivity contribution in [3.05, 3.63) is 40.4 Å². The summed E-state index contributed by atoms with van der Waals surface area (Å²) in [4.78, 5) is 22.8. The number of esters is 2. The minimum atomic E-state index is -0.679. The van der Waals surface area contributed by atoms with Gasteiger partial charge in [0.1, 0.15) is 0 Å². The Bertz CT molecular complexity index is 467. The van der Waals surface area contributed by atoms with E-state index < -0.39 is 17.4 Å². The van der Waals surface area contributed by atoms with Crippen LogP contribution in [0.15, 0.2) is 34.8 Å². The Labute approximate surface area is 115 Å². The molecule has 1 aromatic carbocycles. The molecular formula is C14H15BrO3. The highest BCUT2D eigenvalue weighted by atomic mass is 79.9. The molecule has 0 saturated carbocycles. The molecule has 0 radical (unpaired) electrons. The Hall–Kier alpha value is -1.42. The van der Waals surface area contributed by atoms with Crippen LogP contribution in [-0.2, 0) is 14.3 Å². The summed E-state index contributed by atoms with van der Waals surface area (Å²) < 4.78 is 5.65. The van der Waals surface area contributed by atoms with Crippen molar-refractivity contribution in [2.75, 3.05) is 0 Å². The molecule has 0 aliphatic rings. The molecule has 0 aliphatic heterocycles. The minimum Gasteiger partial charge on any atom is -0.389 e. The second-order valence-corrected chi connectivity index (χ2v) is 5.76. The minimum absolute atomic E-state index is 0.534. The highest BCUT2D eigenvalue weighted by molar-refractivity contribution is 9.10. The van der Waals surface area contributed by atoms with E-state index in [1.807, 2.05) is 24.3 Å². The number of hydrogen-bond donors (Lipinski definition) is 0.